The minimum atomic E-state index is -0.114. The molecule has 2 N–H and O–H groups in total. The van der Waals surface area contributed by atoms with Crippen LogP contribution in [0.1, 0.15) is 25.7 Å². The van der Waals surface area contributed by atoms with Crippen LogP contribution in [0.5, 0.6) is 0 Å². The molecule has 120 valence electrons. The Hall–Kier alpha value is -1.65. The molecule has 4 nitrogen and oxygen atoms in total. The second-order valence-electron chi connectivity index (χ2n) is 8.59. The molecule has 1 aromatic heterocycles. The van der Waals surface area contributed by atoms with Crippen molar-refractivity contribution in [1.29, 1.82) is 0 Å². The molecule has 0 radical (unpaired) electrons. The summed E-state index contributed by atoms with van der Waals surface area (Å²) in [4.78, 5) is 16.0. The molecule has 4 aliphatic rings. The topological polar surface area (TPSA) is 30.9 Å². The highest BCUT2D eigenvalue weighted by Crippen LogP contribution is 2.36. The van der Waals surface area contributed by atoms with Gasteiger partial charge in [-0.2, -0.15) is 0 Å². The maximum atomic E-state index is 12.8. The molecule has 0 unspecified atom stereocenters. The number of aryl methyl sites for hydroxylation is 1. The number of aromatic nitrogens is 1. The van der Waals surface area contributed by atoms with Gasteiger partial charge < -0.3 is 4.57 Å². The van der Waals surface area contributed by atoms with E-state index in [2.05, 4.69) is 55.8 Å². The summed E-state index contributed by atoms with van der Waals surface area (Å²) in [6.07, 6.45) is 0.474. The second kappa shape index (κ2) is 4.05. The van der Waals surface area contributed by atoms with E-state index in [0.29, 0.717) is 11.9 Å². The Kier molecular flexibility index (Phi) is 2.43. The number of nitrogens with one attached hydrogen (secondary N) is 2. The normalized spacial score (nSPS) is 41.9. The van der Waals surface area contributed by atoms with Gasteiger partial charge in [-0.05, 0) is 26.0 Å². The number of para-hydroxylation sites is 1. The highest BCUT2D eigenvalue weighted by Gasteiger charge is 2.68. The molecule has 4 fully saturated rings. The van der Waals surface area contributed by atoms with Crippen molar-refractivity contribution in [2.75, 3.05) is 26.2 Å². The summed E-state index contributed by atoms with van der Waals surface area (Å²) in [5.74, 6) is 0.521. The van der Waals surface area contributed by atoms with Gasteiger partial charge in [-0.15, -0.1) is 0 Å². The molecule has 6 rings (SSSR count). The molecule has 1 aromatic carbocycles. The summed E-state index contributed by atoms with van der Waals surface area (Å²) < 4.78 is 2.37. The van der Waals surface area contributed by atoms with Gasteiger partial charge in [0.2, 0.25) is 0 Å². The van der Waals surface area contributed by atoms with Gasteiger partial charge in [0.15, 0.2) is 5.78 Å². The van der Waals surface area contributed by atoms with Crippen LogP contribution in [0, 0.1) is 10.8 Å². The second-order valence-corrected chi connectivity index (χ2v) is 8.59. The van der Waals surface area contributed by atoms with Crippen molar-refractivity contribution in [3.63, 3.8) is 0 Å². The number of Topliss-reactive ketones (excluding diaryl/α,β-unsaturated/α-hetero) is 1. The highest BCUT2D eigenvalue weighted by molar-refractivity contribution is 5.91. The first-order valence-corrected chi connectivity index (χ1v) is 8.70. The Labute approximate surface area is 136 Å². The van der Waals surface area contributed by atoms with Crippen LogP contribution in [-0.2, 0) is 11.8 Å². The lowest BCUT2D eigenvalue weighted by atomic mass is 9.62. The van der Waals surface area contributed by atoms with E-state index in [4.69, 9.17) is 0 Å². The average Bonchev–Trinajstić information content (AvgIpc) is 2.81. The first-order chi connectivity index (χ1) is 10.9. The number of benzene rings is 1. The fourth-order valence-corrected chi connectivity index (χ4v) is 6.01. The van der Waals surface area contributed by atoms with E-state index >= 15 is 0 Å². The monoisotopic (exact) mass is 311 g/mol. The molecule has 2 aromatic rings. The van der Waals surface area contributed by atoms with E-state index in [0.717, 1.165) is 26.2 Å². The van der Waals surface area contributed by atoms with Gasteiger partial charge in [-0.1, -0.05) is 18.2 Å². The number of piperidine rings is 2. The molecule has 4 aliphatic heterocycles. The molecule has 4 bridgehead atoms. The Morgan fingerprint density at radius 2 is 1.61 bits per heavy atom. The van der Waals surface area contributed by atoms with E-state index in [-0.39, 0.29) is 10.8 Å². The summed E-state index contributed by atoms with van der Waals surface area (Å²) in [5, 5.41) is 1.33. The SMILES string of the molecule is Cn1c(C2[NH+]3CC4(C)C[NH+]2CC(C)(C3)C4=O)cc2ccccc21. The first-order valence-electron chi connectivity index (χ1n) is 8.70. The van der Waals surface area contributed by atoms with Crippen LogP contribution in [0.25, 0.3) is 10.9 Å². The number of nitrogens with zero attached hydrogens (tertiary/aromatic N) is 1. The zero-order valence-corrected chi connectivity index (χ0v) is 14.1. The molecule has 5 heterocycles. The van der Waals surface area contributed by atoms with Crippen molar-refractivity contribution in [3.05, 3.63) is 36.0 Å². The molecule has 4 saturated heterocycles. The number of quaternary nitrogens is 2. The van der Waals surface area contributed by atoms with Gasteiger partial charge in [-0.25, -0.2) is 0 Å². The number of carbonyl (C=O) groups is 1. The van der Waals surface area contributed by atoms with Crippen LogP contribution in [-0.4, -0.2) is 36.5 Å². The lowest BCUT2D eigenvalue weighted by Crippen LogP contribution is -3.41. The first kappa shape index (κ1) is 13.8. The van der Waals surface area contributed by atoms with Crippen molar-refractivity contribution in [2.24, 2.45) is 17.9 Å². The third kappa shape index (κ3) is 1.60. The number of ketones is 1. The minimum Gasteiger partial charge on any atom is -0.337 e. The van der Waals surface area contributed by atoms with Crippen LogP contribution in [0.4, 0.5) is 0 Å². The Morgan fingerprint density at radius 3 is 2.17 bits per heavy atom. The fraction of sp³-hybridized carbons (Fsp3) is 0.526. The predicted molar refractivity (Wildman–Crippen MR) is 88.3 cm³/mol. The molecule has 0 spiro atoms. The number of hydrogen-bond donors (Lipinski definition) is 2. The van der Waals surface area contributed by atoms with Crippen LogP contribution < -0.4 is 9.80 Å². The van der Waals surface area contributed by atoms with Crippen molar-refractivity contribution in [3.8, 4) is 0 Å². The van der Waals surface area contributed by atoms with E-state index in [9.17, 15) is 4.79 Å². The van der Waals surface area contributed by atoms with E-state index in [1.807, 2.05) is 0 Å². The molecule has 0 atom stereocenters. The molecule has 0 aliphatic carbocycles. The minimum absolute atomic E-state index is 0.114. The lowest BCUT2D eigenvalue weighted by molar-refractivity contribution is -1.18. The molecule has 0 amide bonds. The maximum absolute atomic E-state index is 12.8. The Morgan fingerprint density at radius 1 is 1.04 bits per heavy atom. The van der Waals surface area contributed by atoms with Crippen LogP contribution in [0.2, 0.25) is 0 Å². The quantitative estimate of drug-likeness (QED) is 0.736. The number of carbonyl (C=O) groups excluding carboxylic acids is 1. The zero-order chi connectivity index (χ0) is 16.0. The molecule has 23 heavy (non-hydrogen) atoms. The number of hydrogen-bond acceptors (Lipinski definition) is 1. The van der Waals surface area contributed by atoms with Crippen LogP contribution in [0.15, 0.2) is 30.3 Å². The van der Waals surface area contributed by atoms with Gasteiger partial charge in [0.25, 0.3) is 6.17 Å². The van der Waals surface area contributed by atoms with Gasteiger partial charge >= 0.3 is 0 Å². The summed E-state index contributed by atoms with van der Waals surface area (Å²) in [6.45, 7) is 8.38. The van der Waals surface area contributed by atoms with E-state index < -0.39 is 0 Å². The molecule has 4 heteroatoms. The summed E-state index contributed by atoms with van der Waals surface area (Å²) >= 11 is 0. The standard InChI is InChI=1S/C19H23N3O/c1-18-9-21-11-19(2,17(18)23)12-22(10-18)16(21)15-8-13-6-4-5-7-14(13)20(15)3/h4-8,16H,9-12H2,1-3H3/p+2. The van der Waals surface area contributed by atoms with E-state index in [1.54, 1.807) is 9.80 Å². The van der Waals surface area contributed by atoms with Crippen molar-refractivity contribution < 1.29 is 14.6 Å². The molecule has 0 saturated carbocycles. The summed E-state index contributed by atoms with van der Waals surface area (Å²) in [7, 11) is 2.19. The summed E-state index contributed by atoms with van der Waals surface area (Å²) in [6, 6.07) is 11.0. The smallest absolute Gasteiger partial charge is 0.255 e. The van der Waals surface area contributed by atoms with Gasteiger partial charge in [0.1, 0.15) is 42.7 Å². The van der Waals surface area contributed by atoms with Gasteiger partial charge in [-0.3, -0.25) is 14.6 Å². The van der Waals surface area contributed by atoms with Crippen molar-refractivity contribution >= 4 is 16.7 Å². The third-order valence-corrected chi connectivity index (χ3v) is 6.67. The molecular weight excluding hydrogens is 286 g/mol. The van der Waals surface area contributed by atoms with Crippen LogP contribution >= 0.6 is 0 Å². The third-order valence-electron chi connectivity index (χ3n) is 6.67. The molecular formula is C19H25N3O+2. The number of fused-ring (bicyclic) bond motifs is 1. The van der Waals surface area contributed by atoms with E-state index in [1.165, 1.54) is 16.6 Å². The van der Waals surface area contributed by atoms with Crippen LogP contribution in [0.3, 0.4) is 0 Å². The van der Waals surface area contributed by atoms with Gasteiger partial charge in [0.05, 0.1) is 0 Å². The highest BCUT2D eigenvalue weighted by atomic mass is 16.1. The Balaban J connectivity index is 1.63. The lowest BCUT2D eigenvalue weighted by Gasteiger charge is -2.58. The Bertz CT molecular complexity index is 796. The summed E-state index contributed by atoms with van der Waals surface area (Å²) in [5.41, 5.74) is 2.51. The van der Waals surface area contributed by atoms with Crippen molar-refractivity contribution in [1.82, 2.24) is 4.57 Å². The average molecular weight is 311 g/mol. The maximum Gasteiger partial charge on any atom is 0.255 e. The largest absolute Gasteiger partial charge is 0.337 e. The number of rotatable bonds is 1. The van der Waals surface area contributed by atoms with Gasteiger partial charge in [0, 0.05) is 18.0 Å². The fourth-order valence-electron chi connectivity index (χ4n) is 6.01. The zero-order valence-electron chi connectivity index (χ0n) is 14.1. The predicted octanol–water partition coefficient (Wildman–Crippen LogP) is -0.431. The van der Waals surface area contributed by atoms with Crippen molar-refractivity contribution in [2.45, 2.75) is 20.0 Å².